The fraction of sp³-hybridized carbons (Fsp3) is 0.261. The number of aryl methyl sites for hydroxylation is 1. The van der Waals surface area contributed by atoms with E-state index in [1.54, 1.807) is 6.08 Å². The number of hydrogen-bond donors (Lipinski definition) is 1. The monoisotopic (exact) mass is 347 g/mol. The summed E-state index contributed by atoms with van der Waals surface area (Å²) < 4.78 is 0. The van der Waals surface area contributed by atoms with Crippen LogP contribution in [-0.2, 0) is 4.79 Å². The number of nitrogens with zero attached hydrogens (tertiary/aromatic N) is 1. The summed E-state index contributed by atoms with van der Waals surface area (Å²) in [5.41, 5.74) is 5.63. The van der Waals surface area contributed by atoms with Crippen LogP contribution in [0.5, 0.6) is 0 Å². The molecule has 0 aliphatic carbocycles. The molecule has 1 N–H and O–H groups in total. The lowest BCUT2D eigenvalue weighted by Gasteiger charge is -2.15. The zero-order valence-corrected chi connectivity index (χ0v) is 15.2. The summed E-state index contributed by atoms with van der Waals surface area (Å²) >= 11 is 0. The molecule has 0 unspecified atom stereocenters. The van der Waals surface area contributed by atoms with E-state index < -0.39 is 5.97 Å². The van der Waals surface area contributed by atoms with Crippen LogP contribution in [0.2, 0.25) is 0 Å². The lowest BCUT2D eigenvalue weighted by Crippen LogP contribution is -2.19. The van der Waals surface area contributed by atoms with Gasteiger partial charge in [-0.15, -0.1) is 0 Å². The van der Waals surface area contributed by atoms with Crippen LogP contribution >= 0.6 is 0 Å². The molecule has 0 bridgehead atoms. The number of aliphatic carboxylic acids is 1. The second-order valence-corrected chi connectivity index (χ2v) is 6.79. The second-order valence-electron chi connectivity index (χ2n) is 6.79. The molecule has 0 saturated carbocycles. The Hall–Kier alpha value is -2.65. The highest BCUT2D eigenvalue weighted by molar-refractivity contribution is 5.86. The summed E-state index contributed by atoms with van der Waals surface area (Å²) in [6, 6.07) is 16.6. The van der Waals surface area contributed by atoms with E-state index in [1.807, 2.05) is 12.1 Å². The molecular weight excluding hydrogens is 322 g/mol. The van der Waals surface area contributed by atoms with Gasteiger partial charge in [-0.2, -0.15) is 0 Å². The molecule has 1 aliphatic heterocycles. The molecule has 1 saturated heterocycles. The Morgan fingerprint density at radius 3 is 2.50 bits per heavy atom. The van der Waals surface area contributed by atoms with Crippen LogP contribution in [0, 0.1) is 6.92 Å². The molecule has 0 aromatic heterocycles. The normalized spacial score (nSPS) is 15.7. The van der Waals surface area contributed by atoms with Gasteiger partial charge in [0.1, 0.15) is 0 Å². The van der Waals surface area contributed by atoms with Gasteiger partial charge in [-0.05, 0) is 67.3 Å². The van der Waals surface area contributed by atoms with Crippen molar-refractivity contribution in [2.45, 2.75) is 19.8 Å². The molecule has 0 amide bonds. The Morgan fingerprint density at radius 1 is 1.08 bits per heavy atom. The standard InChI is InChI=1S/C23H25NO2/c1-18-7-10-20(11-8-18)22(13-16-24-14-2-3-15-24)21-6-4-5-19(17-21)9-12-23(25)26/h4-13,17H,2-3,14-16H2,1H3,(H,25,26)/b12-9+,22-13?. The van der Waals surface area contributed by atoms with Crippen molar-refractivity contribution in [3.63, 3.8) is 0 Å². The Labute approximate surface area is 155 Å². The molecule has 1 heterocycles. The number of carboxylic acids is 1. The van der Waals surface area contributed by atoms with E-state index in [0.29, 0.717) is 0 Å². The molecule has 3 nitrogen and oxygen atoms in total. The van der Waals surface area contributed by atoms with Crippen LogP contribution in [0.4, 0.5) is 0 Å². The first kappa shape index (κ1) is 18.2. The summed E-state index contributed by atoms with van der Waals surface area (Å²) in [5.74, 6) is -0.932. The number of benzene rings is 2. The summed E-state index contributed by atoms with van der Waals surface area (Å²) in [4.78, 5) is 13.3. The summed E-state index contributed by atoms with van der Waals surface area (Å²) in [6.45, 7) is 5.37. The van der Waals surface area contributed by atoms with Crippen LogP contribution < -0.4 is 0 Å². The second kappa shape index (κ2) is 8.63. The molecule has 0 radical (unpaired) electrons. The molecule has 3 rings (SSSR count). The highest BCUT2D eigenvalue weighted by atomic mass is 16.4. The minimum atomic E-state index is -0.932. The van der Waals surface area contributed by atoms with E-state index in [9.17, 15) is 4.79 Å². The molecule has 2 aromatic carbocycles. The van der Waals surface area contributed by atoms with Crippen LogP contribution in [0.3, 0.4) is 0 Å². The Balaban J connectivity index is 1.94. The quantitative estimate of drug-likeness (QED) is 0.775. The van der Waals surface area contributed by atoms with Gasteiger partial charge in [0.25, 0.3) is 0 Å². The zero-order valence-electron chi connectivity index (χ0n) is 15.2. The van der Waals surface area contributed by atoms with E-state index in [2.05, 4.69) is 54.3 Å². The summed E-state index contributed by atoms with van der Waals surface area (Å²) in [5, 5.41) is 8.86. The smallest absolute Gasteiger partial charge is 0.328 e. The third-order valence-electron chi connectivity index (χ3n) is 4.73. The zero-order chi connectivity index (χ0) is 18.4. The topological polar surface area (TPSA) is 40.5 Å². The SMILES string of the molecule is Cc1ccc(C(=CCN2CCCC2)c2cccc(/C=C/C(=O)O)c2)cc1. The summed E-state index contributed by atoms with van der Waals surface area (Å²) in [7, 11) is 0. The van der Waals surface area contributed by atoms with Crippen molar-refractivity contribution in [3.05, 3.63) is 82.9 Å². The molecule has 0 atom stereocenters. The largest absolute Gasteiger partial charge is 0.478 e. The van der Waals surface area contributed by atoms with E-state index >= 15 is 0 Å². The molecule has 26 heavy (non-hydrogen) atoms. The lowest BCUT2D eigenvalue weighted by atomic mass is 9.95. The van der Waals surface area contributed by atoms with Gasteiger partial charge in [0, 0.05) is 12.6 Å². The molecule has 3 heteroatoms. The number of carboxylic acid groups (broad SMARTS) is 1. The van der Waals surface area contributed by atoms with Gasteiger partial charge in [0.15, 0.2) is 0 Å². The lowest BCUT2D eigenvalue weighted by molar-refractivity contribution is -0.131. The fourth-order valence-electron chi connectivity index (χ4n) is 3.30. The predicted molar refractivity (Wildman–Crippen MR) is 107 cm³/mol. The fourth-order valence-corrected chi connectivity index (χ4v) is 3.30. The Kier molecular flexibility index (Phi) is 6.03. The van der Waals surface area contributed by atoms with Crippen LogP contribution in [0.1, 0.15) is 35.1 Å². The van der Waals surface area contributed by atoms with E-state index in [0.717, 1.165) is 17.7 Å². The first-order chi connectivity index (χ1) is 12.6. The van der Waals surface area contributed by atoms with Crippen molar-refractivity contribution in [2.75, 3.05) is 19.6 Å². The van der Waals surface area contributed by atoms with Gasteiger partial charge in [-0.1, -0.05) is 54.1 Å². The minimum absolute atomic E-state index is 0.893. The van der Waals surface area contributed by atoms with E-state index in [1.165, 1.54) is 48.7 Å². The average molecular weight is 347 g/mol. The summed E-state index contributed by atoms with van der Waals surface area (Å²) in [6.07, 6.45) is 7.68. The number of rotatable bonds is 6. The first-order valence-electron chi connectivity index (χ1n) is 9.13. The Morgan fingerprint density at radius 2 is 1.81 bits per heavy atom. The molecular formula is C23H25NO2. The van der Waals surface area contributed by atoms with E-state index in [4.69, 9.17) is 5.11 Å². The molecule has 2 aromatic rings. The predicted octanol–water partition coefficient (Wildman–Crippen LogP) is 4.62. The maximum absolute atomic E-state index is 10.8. The van der Waals surface area contributed by atoms with Gasteiger partial charge in [0.05, 0.1) is 0 Å². The van der Waals surface area contributed by atoms with Gasteiger partial charge in [-0.25, -0.2) is 4.79 Å². The van der Waals surface area contributed by atoms with Gasteiger partial charge < -0.3 is 5.11 Å². The average Bonchev–Trinajstić information content (AvgIpc) is 3.15. The highest BCUT2D eigenvalue weighted by Crippen LogP contribution is 2.25. The molecule has 1 fully saturated rings. The Bertz CT molecular complexity index is 812. The van der Waals surface area contributed by atoms with Crippen LogP contribution in [0.15, 0.2) is 60.7 Å². The maximum Gasteiger partial charge on any atom is 0.328 e. The van der Waals surface area contributed by atoms with Crippen molar-refractivity contribution < 1.29 is 9.90 Å². The van der Waals surface area contributed by atoms with Crippen molar-refractivity contribution in [1.29, 1.82) is 0 Å². The van der Waals surface area contributed by atoms with E-state index in [-0.39, 0.29) is 0 Å². The van der Waals surface area contributed by atoms with Crippen LogP contribution in [0.25, 0.3) is 11.6 Å². The van der Waals surface area contributed by atoms with Crippen LogP contribution in [-0.4, -0.2) is 35.6 Å². The van der Waals surface area contributed by atoms with Crippen molar-refractivity contribution >= 4 is 17.6 Å². The molecule has 1 aliphatic rings. The highest BCUT2D eigenvalue weighted by Gasteiger charge is 2.11. The number of likely N-dealkylation sites (tertiary alicyclic amines) is 1. The first-order valence-corrected chi connectivity index (χ1v) is 9.13. The number of hydrogen-bond acceptors (Lipinski definition) is 2. The van der Waals surface area contributed by atoms with Gasteiger partial charge in [0.2, 0.25) is 0 Å². The van der Waals surface area contributed by atoms with Gasteiger partial charge in [-0.3, -0.25) is 4.90 Å². The maximum atomic E-state index is 10.8. The minimum Gasteiger partial charge on any atom is -0.478 e. The third-order valence-corrected chi connectivity index (χ3v) is 4.73. The van der Waals surface area contributed by atoms with Crippen molar-refractivity contribution in [3.8, 4) is 0 Å². The molecule has 134 valence electrons. The molecule has 0 spiro atoms. The van der Waals surface area contributed by atoms with Gasteiger partial charge >= 0.3 is 5.97 Å². The third kappa shape index (κ3) is 4.93. The van der Waals surface area contributed by atoms with Crippen molar-refractivity contribution in [1.82, 2.24) is 4.90 Å². The number of carbonyl (C=O) groups is 1. The van der Waals surface area contributed by atoms with Crippen molar-refractivity contribution in [2.24, 2.45) is 0 Å².